The number of hydroxylamine groups is 2. The van der Waals surface area contributed by atoms with Crippen LogP contribution in [-0.2, 0) is 32.1 Å². The van der Waals surface area contributed by atoms with Gasteiger partial charge >= 0.3 is 6.16 Å². The normalized spacial score (nSPS) is 21.5. The van der Waals surface area contributed by atoms with Crippen molar-refractivity contribution >= 4 is 17.8 Å². The Kier molecular flexibility index (Phi) is 8.00. The van der Waals surface area contributed by atoms with Gasteiger partial charge in [0.2, 0.25) is 0 Å². The SMILES string of the molecule is COCC(C)O[C@H]1CC[C@H](c2nnc3n2-c2ccc(Cl)cc2CN(OC(=O)OC(C)(C)C)C3)CC1. The first-order chi connectivity index (χ1) is 16.6. The third-order valence-corrected chi connectivity index (χ3v) is 6.40. The van der Waals surface area contributed by atoms with Crippen LogP contribution in [0.3, 0.4) is 0 Å². The number of halogens is 1. The summed E-state index contributed by atoms with van der Waals surface area (Å²) in [6.07, 6.45) is 3.40. The minimum Gasteiger partial charge on any atom is -0.427 e. The molecular formula is C25H35ClN4O5. The Hall–Kier alpha value is -2.20. The second-order valence-electron chi connectivity index (χ2n) is 10.3. The minimum atomic E-state index is -0.754. The molecule has 192 valence electrons. The number of fused-ring (bicyclic) bond motifs is 3. The van der Waals surface area contributed by atoms with Gasteiger partial charge in [0.15, 0.2) is 5.82 Å². The number of rotatable bonds is 6. The molecule has 0 amide bonds. The second-order valence-corrected chi connectivity index (χ2v) is 10.7. The first-order valence-corrected chi connectivity index (χ1v) is 12.5. The molecule has 1 saturated carbocycles. The van der Waals surface area contributed by atoms with E-state index in [2.05, 4.69) is 14.8 Å². The quantitative estimate of drug-likeness (QED) is 0.495. The third kappa shape index (κ3) is 6.52. The Morgan fingerprint density at radius 2 is 1.91 bits per heavy atom. The monoisotopic (exact) mass is 506 g/mol. The Bertz CT molecular complexity index is 1030. The average molecular weight is 507 g/mol. The van der Waals surface area contributed by atoms with Crippen molar-refractivity contribution in [2.75, 3.05) is 13.7 Å². The summed E-state index contributed by atoms with van der Waals surface area (Å²) in [4.78, 5) is 17.9. The number of benzene rings is 1. The molecule has 10 heteroatoms. The van der Waals surface area contributed by atoms with E-state index in [9.17, 15) is 4.79 Å². The zero-order valence-corrected chi connectivity index (χ0v) is 21.9. The van der Waals surface area contributed by atoms with Gasteiger partial charge in [-0.3, -0.25) is 4.57 Å². The van der Waals surface area contributed by atoms with Crippen LogP contribution in [-0.4, -0.2) is 57.5 Å². The predicted octanol–water partition coefficient (Wildman–Crippen LogP) is 5.18. The number of aromatic nitrogens is 3. The first-order valence-electron chi connectivity index (χ1n) is 12.2. The fourth-order valence-electron chi connectivity index (χ4n) is 4.76. The molecule has 2 heterocycles. The molecule has 1 atom stereocenters. The van der Waals surface area contributed by atoms with Gasteiger partial charge in [0.25, 0.3) is 0 Å². The number of hydrogen-bond acceptors (Lipinski definition) is 8. The van der Waals surface area contributed by atoms with Crippen molar-refractivity contribution in [1.82, 2.24) is 19.8 Å². The fourth-order valence-corrected chi connectivity index (χ4v) is 4.96. The fraction of sp³-hybridized carbons (Fsp3) is 0.640. The Labute approximate surface area is 211 Å². The van der Waals surface area contributed by atoms with Gasteiger partial charge in [0, 0.05) is 18.1 Å². The lowest BCUT2D eigenvalue weighted by molar-refractivity contribution is -0.155. The van der Waals surface area contributed by atoms with E-state index in [0.29, 0.717) is 24.0 Å². The number of carbonyl (C=O) groups is 1. The molecule has 2 aliphatic rings. The molecule has 1 aliphatic carbocycles. The van der Waals surface area contributed by atoms with Crippen molar-refractivity contribution in [3.63, 3.8) is 0 Å². The van der Waals surface area contributed by atoms with E-state index >= 15 is 0 Å². The number of carbonyl (C=O) groups excluding carboxylic acids is 1. The van der Waals surface area contributed by atoms with E-state index < -0.39 is 11.8 Å². The molecule has 0 N–H and O–H groups in total. The Morgan fingerprint density at radius 3 is 2.60 bits per heavy atom. The van der Waals surface area contributed by atoms with Gasteiger partial charge in [0.05, 0.1) is 37.6 Å². The molecule has 0 saturated heterocycles. The number of ether oxygens (including phenoxy) is 3. The lowest BCUT2D eigenvalue weighted by Crippen LogP contribution is -2.31. The van der Waals surface area contributed by atoms with Crippen LogP contribution >= 0.6 is 11.6 Å². The van der Waals surface area contributed by atoms with Gasteiger partial charge in [-0.15, -0.1) is 15.3 Å². The Morgan fingerprint density at radius 1 is 1.17 bits per heavy atom. The topological polar surface area (TPSA) is 87.9 Å². The van der Waals surface area contributed by atoms with Crippen molar-refractivity contribution in [2.45, 2.75) is 90.2 Å². The largest absolute Gasteiger partial charge is 0.528 e. The maximum absolute atomic E-state index is 12.4. The van der Waals surface area contributed by atoms with Crippen LogP contribution in [0.2, 0.25) is 5.02 Å². The van der Waals surface area contributed by atoms with Crippen LogP contribution in [0, 0.1) is 0 Å². The molecule has 1 fully saturated rings. The summed E-state index contributed by atoms with van der Waals surface area (Å²) in [5, 5.41) is 11.2. The van der Waals surface area contributed by atoms with Gasteiger partial charge < -0.3 is 19.0 Å². The summed E-state index contributed by atoms with van der Waals surface area (Å²) in [6, 6.07) is 5.73. The standard InChI is InChI=1S/C25H35ClN4O5/c1-16(15-32-5)33-20-9-6-17(7-10-20)23-28-27-22-14-29(35-24(31)34-25(2,3)4)13-18-12-19(26)8-11-21(18)30(22)23/h8,11-12,16-17,20H,6-7,9-10,13-15H2,1-5H3/t16?,17-,20-. The molecule has 1 unspecified atom stereocenters. The molecule has 1 aromatic heterocycles. The van der Waals surface area contributed by atoms with E-state index in [-0.39, 0.29) is 24.7 Å². The molecule has 0 radical (unpaired) electrons. The highest BCUT2D eigenvalue weighted by molar-refractivity contribution is 6.30. The highest BCUT2D eigenvalue weighted by Gasteiger charge is 2.32. The zero-order chi connectivity index (χ0) is 25.2. The van der Waals surface area contributed by atoms with Crippen LogP contribution in [0.5, 0.6) is 0 Å². The van der Waals surface area contributed by atoms with Crippen LogP contribution in [0.4, 0.5) is 4.79 Å². The van der Waals surface area contributed by atoms with Crippen molar-refractivity contribution in [3.05, 3.63) is 40.4 Å². The maximum atomic E-state index is 12.4. The lowest BCUT2D eigenvalue weighted by Gasteiger charge is -2.30. The molecule has 1 aliphatic heterocycles. The number of methoxy groups -OCH3 is 1. The van der Waals surface area contributed by atoms with Crippen LogP contribution in [0.15, 0.2) is 18.2 Å². The van der Waals surface area contributed by atoms with Crippen molar-refractivity contribution in [1.29, 1.82) is 0 Å². The van der Waals surface area contributed by atoms with Crippen molar-refractivity contribution < 1.29 is 23.8 Å². The maximum Gasteiger partial charge on any atom is 0.528 e. The van der Waals surface area contributed by atoms with Crippen molar-refractivity contribution in [3.8, 4) is 5.69 Å². The minimum absolute atomic E-state index is 0.0819. The summed E-state index contributed by atoms with van der Waals surface area (Å²) in [6.45, 7) is 8.67. The lowest BCUT2D eigenvalue weighted by atomic mass is 9.86. The summed E-state index contributed by atoms with van der Waals surface area (Å²) < 4.78 is 18.8. The van der Waals surface area contributed by atoms with Crippen LogP contribution in [0.25, 0.3) is 5.69 Å². The molecule has 1 aromatic carbocycles. The summed E-state index contributed by atoms with van der Waals surface area (Å²) in [5.74, 6) is 1.89. The number of nitrogens with zero attached hydrogens (tertiary/aromatic N) is 4. The second kappa shape index (κ2) is 10.8. The van der Waals surface area contributed by atoms with E-state index in [1.54, 1.807) is 32.9 Å². The highest BCUT2D eigenvalue weighted by atomic mass is 35.5. The van der Waals surface area contributed by atoms with Gasteiger partial charge in [0.1, 0.15) is 11.4 Å². The molecular weight excluding hydrogens is 472 g/mol. The first kappa shape index (κ1) is 25.9. The third-order valence-electron chi connectivity index (χ3n) is 6.16. The highest BCUT2D eigenvalue weighted by Crippen LogP contribution is 2.37. The molecule has 0 spiro atoms. The van der Waals surface area contributed by atoms with E-state index in [0.717, 1.165) is 42.8 Å². The molecule has 4 rings (SSSR count). The van der Waals surface area contributed by atoms with Gasteiger partial charge in [-0.2, -0.15) is 0 Å². The van der Waals surface area contributed by atoms with Crippen LogP contribution in [0.1, 0.15) is 76.5 Å². The molecule has 2 aromatic rings. The van der Waals surface area contributed by atoms with Gasteiger partial charge in [-0.1, -0.05) is 11.6 Å². The molecule has 9 nitrogen and oxygen atoms in total. The Balaban J connectivity index is 1.55. The van der Waals surface area contributed by atoms with Gasteiger partial charge in [-0.25, -0.2) is 4.79 Å². The smallest absolute Gasteiger partial charge is 0.427 e. The van der Waals surface area contributed by atoms with E-state index in [1.165, 1.54) is 0 Å². The van der Waals surface area contributed by atoms with E-state index in [4.69, 9.17) is 30.6 Å². The number of hydrogen-bond donors (Lipinski definition) is 0. The predicted molar refractivity (Wildman–Crippen MR) is 130 cm³/mol. The van der Waals surface area contributed by atoms with E-state index in [1.807, 2.05) is 25.1 Å². The average Bonchev–Trinajstić information content (AvgIpc) is 3.10. The van der Waals surface area contributed by atoms with Gasteiger partial charge in [-0.05, 0) is 77.1 Å². The summed E-state index contributed by atoms with van der Waals surface area (Å²) in [5.41, 5.74) is 1.22. The van der Waals surface area contributed by atoms with Crippen molar-refractivity contribution in [2.24, 2.45) is 0 Å². The van der Waals surface area contributed by atoms with Crippen LogP contribution < -0.4 is 0 Å². The zero-order valence-electron chi connectivity index (χ0n) is 21.1. The molecule has 35 heavy (non-hydrogen) atoms. The summed E-state index contributed by atoms with van der Waals surface area (Å²) >= 11 is 6.33. The summed E-state index contributed by atoms with van der Waals surface area (Å²) in [7, 11) is 1.69. The molecule has 0 bridgehead atoms.